The van der Waals surface area contributed by atoms with Crippen LogP contribution in [0.25, 0.3) is 5.69 Å². The molecule has 0 saturated heterocycles. The largest absolute Gasteiger partial charge is 0.319 e. The van der Waals surface area contributed by atoms with Crippen molar-refractivity contribution in [2.75, 3.05) is 5.32 Å². The van der Waals surface area contributed by atoms with Crippen LogP contribution in [0, 0.1) is 6.92 Å². The zero-order valence-electron chi connectivity index (χ0n) is 12.0. The second-order valence-electron chi connectivity index (χ2n) is 4.73. The average molecular weight is 393 g/mol. The van der Waals surface area contributed by atoms with Crippen LogP contribution in [0.4, 0.5) is 5.69 Å². The van der Waals surface area contributed by atoms with Gasteiger partial charge in [0, 0.05) is 5.02 Å². The van der Waals surface area contributed by atoms with E-state index in [0.717, 1.165) is 0 Å². The van der Waals surface area contributed by atoms with Crippen LogP contribution in [0.3, 0.4) is 0 Å². The molecular weight excluding hydrogens is 382 g/mol. The first-order valence-corrected chi connectivity index (χ1v) is 7.83. The van der Waals surface area contributed by atoms with Crippen LogP contribution in [-0.2, 0) is 0 Å². The molecule has 0 fully saturated rings. The summed E-state index contributed by atoms with van der Waals surface area (Å²) in [5, 5.41) is 11.8. The summed E-state index contributed by atoms with van der Waals surface area (Å²) >= 11 is 9.21. The molecule has 0 aliphatic carbocycles. The molecule has 0 unspecified atom stereocenters. The fourth-order valence-electron chi connectivity index (χ4n) is 1.94. The van der Waals surface area contributed by atoms with E-state index in [9.17, 15) is 4.79 Å². The van der Waals surface area contributed by atoms with Crippen molar-refractivity contribution in [1.82, 2.24) is 20.0 Å². The Balaban J connectivity index is 1.85. The third-order valence-electron chi connectivity index (χ3n) is 3.02. The maximum absolute atomic E-state index is 12.3. The molecule has 1 aromatic carbocycles. The summed E-state index contributed by atoms with van der Waals surface area (Å²) < 4.78 is 0.693. The fraction of sp³-hybridized carbons (Fsp3) is 0.0667. The van der Waals surface area contributed by atoms with Crippen LogP contribution < -0.4 is 5.32 Å². The molecule has 0 aliphatic heterocycles. The number of anilines is 1. The highest BCUT2D eigenvalue weighted by atomic mass is 79.9. The molecule has 0 saturated carbocycles. The molecule has 8 heteroatoms. The third-order valence-corrected chi connectivity index (χ3v) is 3.73. The van der Waals surface area contributed by atoms with Crippen molar-refractivity contribution in [2.45, 2.75) is 6.92 Å². The van der Waals surface area contributed by atoms with Crippen molar-refractivity contribution >= 4 is 39.1 Å². The number of carbonyl (C=O) groups excluding carboxylic acids is 1. The van der Waals surface area contributed by atoms with Gasteiger partial charge in [0.15, 0.2) is 5.69 Å². The quantitative estimate of drug-likeness (QED) is 0.691. The van der Waals surface area contributed by atoms with Crippen molar-refractivity contribution in [3.05, 3.63) is 63.6 Å². The Morgan fingerprint density at radius 2 is 2.09 bits per heavy atom. The molecule has 0 bridgehead atoms. The van der Waals surface area contributed by atoms with Crippen LogP contribution in [0.1, 0.15) is 16.2 Å². The number of nitrogens with zero attached hydrogens (tertiary/aromatic N) is 4. The summed E-state index contributed by atoms with van der Waals surface area (Å²) in [5.74, 6) is -0.347. The van der Waals surface area contributed by atoms with Gasteiger partial charge in [0.2, 0.25) is 0 Å². The van der Waals surface area contributed by atoms with E-state index in [4.69, 9.17) is 11.6 Å². The van der Waals surface area contributed by atoms with Gasteiger partial charge in [-0.2, -0.15) is 9.90 Å². The molecule has 0 atom stereocenters. The highest BCUT2D eigenvalue weighted by Crippen LogP contribution is 2.16. The van der Waals surface area contributed by atoms with Gasteiger partial charge in [-0.15, -0.1) is 5.10 Å². The Hall–Kier alpha value is -2.25. The van der Waals surface area contributed by atoms with Crippen molar-refractivity contribution in [3.8, 4) is 5.69 Å². The van der Waals surface area contributed by atoms with E-state index in [2.05, 4.69) is 36.4 Å². The van der Waals surface area contributed by atoms with Crippen molar-refractivity contribution in [2.24, 2.45) is 0 Å². The van der Waals surface area contributed by atoms with E-state index in [-0.39, 0.29) is 11.6 Å². The molecule has 6 nitrogen and oxygen atoms in total. The summed E-state index contributed by atoms with van der Waals surface area (Å²) in [7, 11) is 0. The molecule has 0 radical (unpaired) electrons. The summed E-state index contributed by atoms with van der Waals surface area (Å²) in [6.45, 7) is 1.72. The number of aryl methyl sites for hydroxylation is 1. The van der Waals surface area contributed by atoms with Gasteiger partial charge in [-0.3, -0.25) is 4.79 Å². The van der Waals surface area contributed by atoms with Gasteiger partial charge in [-0.05, 0) is 53.2 Å². The zero-order chi connectivity index (χ0) is 16.4. The minimum atomic E-state index is -0.347. The number of carbonyl (C=O) groups is 1. The summed E-state index contributed by atoms with van der Waals surface area (Å²) in [4.78, 5) is 17.8. The minimum absolute atomic E-state index is 0.243. The van der Waals surface area contributed by atoms with Gasteiger partial charge in [-0.25, -0.2) is 4.98 Å². The predicted molar refractivity (Wildman–Crippen MR) is 91.0 cm³/mol. The lowest BCUT2D eigenvalue weighted by atomic mass is 10.3. The number of amides is 1. The van der Waals surface area contributed by atoms with Gasteiger partial charge < -0.3 is 5.32 Å². The molecular formula is C15H11BrClN5O. The van der Waals surface area contributed by atoms with E-state index in [0.29, 0.717) is 26.7 Å². The van der Waals surface area contributed by atoms with Crippen molar-refractivity contribution < 1.29 is 4.79 Å². The number of halogens is 2. The second-order valence-corrected chi connectivity index (χ2v) is 5.98. The molecule has 3 rings (SSSR count). The summed E-state index contributed by atoms with van der Waals surface area (Å²) in [6, 6.07) is 10.6. The highest BCUT2D eigenvalue weighted by Gasteiger charge is 2.16. The fourth-order valence-corrected chi connectivity index (χ4v) is 2.36. The van der Waals surface area contributed by atoms with Crippen LogP contribution >= 0.6 is 27.5 Å². The lowest BCUT2D eigenvalue weighted by Crippen LogP contribution is -2.14. The van der Waals surface area contributed by atoms with E-state index in [1.54, 1.807) is 43.5 Å². The number of pyridine rings is 1. The van der Waals surface area contributed by atoms with Gasteiger partial charge in [-0.1, -0.05) is 17.7 Å². The molecule has 1 N–H and O–H groups in total. The predicted octanol–water partition coefficient (Wildman–Crippen LogP) is 3.64. The Bertz CT molecular complexity index is 863. The topological polar surface area (TPSA) is 72.7 Å². The van der Waals surface area contributed by atoms with Crippen LogP contribution in [-0.4, -0.2) is 25.9 Å². The Kier molecular flexibility index (Phi) is 4.40. The first-order valence-electron chi connectivity index (χ1n) is 6.66. The van der Waals surface area contributed by atoms with Crippen molar-refractivity contribution in [1.29, 1.82) is 0 Å². The van der Waals surface area contributed by atoms with Crippen molar-refractivity contribution in [3.63, 3.8) is 0 Å². The number of hydrogen-bond donors (Lipinski definition) is 1. The first kappa shape index (κ1) is 15.6. The number of hydrogen-bond acceptors (Lipinski definition) is 4. The Morgan fingerprint density at radius 1 is 1.26 bits per heavy atom. The maximum atomic E-state index is 12.3. The first-order chi connectivity index (χ1) is 11.0. The van der Waals surface area contributed by atoms with Gasteiger partial charge in [0.05, 0.1) is 23.3 Å². The van der Waals surface area contributed by atoms with E-state index in [1.807, 2.05) is 6.07 Å². The molecule has 2 aromatic heterocycles. The zero-order valence-corrected chi connectivity index (χ0v) is 14.3. The van der Waals surface area contributed by atoms with Crippen LogP contribution in [0.2, 0.25) is 5.02 Å². The van der Waals surface area contributed by atoms with E-state index >= 15 is 0 Å². The van der Waals surface area contributed by atoms with Crippen LogP contribution in [0.5, 0.6) is 0 Å². The van der Waals surface area contributed by atoms with E-state index in [1.165, 1.54) is 4.80 Å². The standard InChI is InChI=1S/C15H11BrClN5O/c1-9-14(15(23)19-11-5-6-13(16)18-8-11)21-22(20-9)12-4-2-3-10(17)7-12/h2-8H,1H3,(H,19,23). The maximum Gasteiger partial charge on any atom is 0.278 e. The van der Waals surface area contributed by atoms with E-state index < -0.39 is 0 Å². The lowest BCUT2D eigenvalue weighted by molar-refractivity contribution is 0.102. The number of benzene rings is 1. The molecule has 116 valence electrons. The van der Waals surface area contributed by atoms with Crippen LogP contribution in [0.15, 0.2) is 47.2 Å². The smallest absolute Gasteiger partial charge is 0.278 e. The lowest BCUT2D eigenvalue weighted by Gasteiger charge is -2.02. The Labute approximate surface area is 145 Å². The summed E-state index contributed by atoms with van der Waals surface area (Å²) in [5.41, 5.74) is 2.03. The SMILES string of the molecule is Cc1nn(-c2cccc(Cl)c2)nc1C(=O)Nc1ccc(Br)nc1. The number of rotatable bonds is 3. The number of nitrogens with one attached hydrogen (secondary N) is 1. The highest BCUT2D eigenvalue weighted by molar-refractivity contribution is 9.10. The summed E-state index contributed by atoms with van der Waals surface area (Å²) in [6.07, 6.45) is 1.55. The monoisotopic (exact) mass is 391 g/mol. The Morgan fingerprint density at radius 3 is 2.78 bits per heavy atom. The minimum Gasteiger partial charge on any atom is -0.319 e. The number of aromatic nitrogens is 4. The van der Waals surface area contributed by atoms with Gasteiger partial charge in [0.25, 0.3) is 5.91 Å². The average Bonchev–Trinajstić information content (AvgIpc) is 2.92. The molecule has 0 aliphatic rings. The normalized spacial score (nSPS) is 10.6. The molecule has 0 spiro atoms. The molecule has 23 heavy (non-hydrogen) atoms. The third kappa shape index (κ3) is 3.57. The molecule has 1 amide bonds. The second kappa shape index (κ2) is 6.47. The van der Waals surface area contributed by atoms with Gasteiger partial charge >= 0.3 is 0 Å². The van der Waals surface area contributed by atoms with Gasteiger partial charge in [0.1, 0.15) is 4.60 Å². The molecule has 3 aromatic rings. The molecule has 2 heterocycles.